The Labute approximate surface area is 134 Å². The Morgan fingerprint density at radius 3 is 2.55 bits per heavy atom. The minimum absolute atomic E-state index is 0.153. The number of hydrogen-bond donors (Lipinski definition) is 1. The van der Waals surface area contributed by atoms with Crippen LogP contribution in [0.5, 0.6) is 0 Å². The van der Waals surface area contributed by atoms with Gasteiger partial charge in [-0.2, -0.15) is 0 Å². The van der Waals surface area contributed by atoms with E-state index in [-0.39, 0.29) is 11.8 Å². The topological polar surface area (TPSA) is 32.3 Å². The summed E-state index contributed by atoms with van der Waals surface area (Å²) in [6, 6.07) is 8.40. The van der Waals surface area contributed by atoms with Crippen LogP contribution in [0, 0.1) is 11.8 Å². The fourth-order valence-electron chi connectivity index (χ4n) is 3.33. The van der Waals surface area contributed by atoms with Gasteiger partial charge in [-0.1, -0.05) is 19.1 Å². The molecule has 3 nitrogen and oxygen atoms in total. The van der Waals surface area contributed by atoms with Gasteiger partial charge in [0, 0.05) is 11.6 Å². The quantitative estimate of drug-likeness (QED) is 0.832. The Bertz CT molecular complexity index is 487. The van der Waals surface area contributed by atoms with Crippen LogP contribution in [0.2, 0.25) is 0 Å². The molecule has 0 bridgehead atoms. The second-order valence-corrected chi connectivity index (χ2v) is 6.96. The number of carbonyl (C=O) groups excluding carboxylic acids is 1. The summed E-state index contributed by atoms with van der Waals surface area (Å²) in [6.45, 7) is 5.82. The van der Waals surface area contributed by atoms with E-state index in [2.05, 4.69) is 22.3 Å². The average molecular weight is 300 g/mol. The van der Waals surface area contributed by atoms with E-state index in [0.717, 1.165) is 12.1 Å². The predicted octanol–water partition coefficient (Wildman–Crippen LogP) is 3.70. The van der Waals surface area contributed by atoms with E-state index in [1.807, 2.05) is 19.1 Å². The molecule has 1 N–H and O–H groups in total. The molecule has 0 radical (unpaired) electrons. The third-order valence-electron chi connectivity index (χ3n) is 5.10. The number of benzene rings is 1. The molecule has 3 rings (SSSR count). The van der Waals surface area contributed by atoms with Crippen LogP contribution in [0.4, 0.5) is 5.69 Å². The number of hydrogen-bond acceptors (Lipinski definition) is 2. The molecule has 1 amide bonds. The summed E-state index contributed by atoms with van der Waals surface area (Å²) in [6.07, 6.45) is 7.52. The van der Waals surface area contributed by atoms with E-state index in [0.29, 0.717) is 5.92 Å². The largest absolute Gasteiger partial charge is 0.326 e. The molecule has 120 valence electrons. The summed E-state index contributed by atoms with van der Waals surface area (Å²) in [7, 11) is 0. The monoisotopic (exact) mass is 300 g/mol. The van der Waals surface area contributed by atoms with Crippen LogP contribution in [-0.2, 0) is 11.2 Å². The van der Waals surface area contributed by atoms with Crippen LogP contribution in [0.15, 0.2) is 24.3 Å². The van der Waals surface area contributed by atoms with E-state index < -0.39 is 0 Å². The number of amides is 1. The zero-order valence-corrected chi connectivity index (χ0v) is 13.7. The number of likely N-dealkylation sites (tertiary alicyclic amines) is 1. The zero-order valence-electron chi connectivity index (χ0n) is 13.7. The Morgan fingerprint density at radius 1 is 1.23 bits per heavy atom. The SMILES string of the molecule is CC(C(=O)Nc1ccc(CCCN2CCCC2)cc1)C1CC1. The van der Waals surface area contributed by atoms with Crippen molar-refractivity contribution in [3.63, 3.8) is 0 Å². The lowest BCUT2D eigenvalue weighted by atomic mass is 10.1. The van der Waals surface area contributed by atoms with Gasteiger partial charge in [-0.05, 0) is 81.8 Å². The molecule has 1 atom stereocenters. The summed E-state index contributed by atoms with van der Waals surface area (Å²) < 4.78 is 0. The lowest BCUT2D eigenvalue weighted by molar-refractivity contribution is -0.119. The minimum Gasteiger partial charge on any atom is -0.326 e. The molecule has 1 saturated carbocycles. The molecule has 22 heavy (non-hydrogen) atoms. The first-order valence-corrected chi connectivity index (χ1v) is 8.84. The molecule has 1 aliphatic carbocycles. The molecule has 2 fully saturated rings. The number of aryl methyl sites for hydroxylation is 1. The summed E-state index contributed by atoms with van der Waals surface area (Å²) in [5.74, 6) is 0.939. The lowest BCUT2D eigenvalue weighted by Crippen LogP contribution is -2.21. The van der Waals surface area contributed by atoms with Gasteiger partial charge in [0.15, 0.2) is 0 Å². The highest BCUT2D eigenvalue weighted by Crippen LogP contribution is 2.37. The molecule has 0 aromatic heterocycles. The molecule has 2 aliphatic rings. The van der Waals surface area contributed by atoms with Gasteiger partial charge in [0.25, 0.3) is 0 Å². The summed E-state index contributed by atoms with van der Waals surface area (Å²) >= 11 is 0. The first kappa shape index (κ1) is 15.5. The Kier molecular flexibility index (Phi) is 5.14. The van der Waals surface area contributed by atoms with Gasteiger partial charge in [0.1, 0.15) is 0 Å². The van der Waals surface area contributed by atoms with Gasteiger partial charge in [-0.25, -0.2) is 0 Å². The second kappa shape index (κ2) is 7.28. The van der Waals surface area contributed by atoms with Crippen molar-refractivity contribution in [3.05, 3.63) is 29.8 Å². The number of carbonyl (C=O) groups is 1. The fraction of sp³-hybridized carbons (Fsp3) is 0.632. The Morgan fingerprint density at radius 2 is 1.91 bits per heavy atom. The summed E-state index contributed by atoms with van der Waals surface area (Å²) in [5.41, 5.74) is 2.30. The van der Waals surface area contributed by atoms with Gasteiger partial charge in [0.2, 0.25) is 5.91 Å². The molecule has 1 aromatic carbocycles. The van der Waals surface area contributed by atoms with Crippen molar-refractivity contribution < 1.29 is 4.79 Å². The first-order valence-electron chi connectivity index (χ1n) is 8.84. The molecule has 0 spiro atoms. The van der Waals surface area contributed by atoms with Crippen LogP contribution in [-0.4, -0.2) is 30.4 Å². The van der Waals surface area contributed by atoms with Gasteiger partial charge >= 0.3 is 0 Å². The third-order valence-corrected chi connectivity index (χ3v) is 5.10. The summed E-state index contributed by atoms with van der Waals surface area (Å²) in [5, 5.41) is 3.04. The van der Waals surface area contributed by atoms with Crippen molar-refractivity contribution >= 4 is 11.6 Å². The molecule has 1 saturated heterocycles. The molecule has 1 unspecified atom stereocenters. The van der Waals surface area contributed by atoms with E-state index in [4.69, 9.17) is 0 Å². The van der Waals surface area contributed by atoms with Crippen LogP contribution < -0.4 is 5.32 Å². The van der Waals surface area contributed by atoms with Crippen molar-refractivity contribution in [2.45, 2.75) is 45.4 Å². The summed E-state index contributed by atoms with van der Waals surface area (Å²) in [4.78, 5) is 14.6. The van der Waals surface area contributed by atoms with Gasteiger partial charge in [-0.15, -0.1) is 0 Å². The number of nitrogens with one attached hydrogen (secondary N) is 1. The van der Waals surface area contributed by atoms with Gasteiger partial charge in [-0.3, -0.25) is 4.79 Å². The van der Waals surface area contributed by atoms with Crippen LogP contribution in [0.25, 0.3) is 0 Å². The number of nitrogens with zero attached hydrogens (tertiary/aromatic N) is 1. The zero-order chi connectivity index (χ0) is 15.4. The Hall–Kier alpha value is -1.35. The van der Waals surface area contributed by atoms with Crippen LogP contribution >= 0.6 is 0 Å². The molecular weight excluding hydrogens is 272 g/mol. The Balaban J connectivity index is 1.42. The average Bonchev–Trinajstić information content (AvgIpc) is 3.25. The molecule has 1 heterocycles. The van der Waals surface area contributed by atoms with Crippen molar-refractivity contribution in [2.75, 3.05) is 25.0 Å². The number of anilines is 1. The van der Waals surface area contributed by atoms with Crippen molar-refractivity contribution in [3.8, 4) is 0 Å². The predicted molar refractivity (Wildman–Crippen MR) is 91.0 cm³/mol. The molecule has 1 aromatic rings. The van der Waals surface area contributed by atoms with E-state index in [9.17, 15) is 4.79 Å². The van der Waals surface area contributed by atoms with Crippen molar-refractivity contribution in [1.29, 1.82) is 0 Å². The standard InChI is InChI=1S/C19H28N2O/c1-15(17-8-9-17)19(22)20-18-10-6-16(7-11-18)5-4-14-21-12-2-3-13-21/h6-7,10-11,15,17H,2-5,8-9,12-14H2,1H3,(H,20,22). The lowest BCUT2D eigenvalue weighted by Gasteiger charge is -2.14. The minimum atomic E-state index is 0.153. The smallest absolute Gasteiger partial charge is 0.227 e. The molecule has 1 aliphatic heterocycles. The fourth-order valence-corrected chi connectivity index (χ4v) is 3.33. The van der Waals surface area contributed by atoms with Crippen molar-refractivity contribution in [2.24, 2.45) is 11.8 Å². The second-order valence-electron chi connectivity index (χ2n) is 6.96. The maximum atomic E-state index is 12.1. The van der Waals surface area contributed by atoms with Crippen LogP contribution in [0.3, 0.4) is 0 Å². The molecule has 3 heteroatoms. The van der Waals surface area contributed by atoms with Gasteiger partial charge in [0.05, 0.1) is 0 Å². The van der Waals surface area contributed by atoms with Crippen LogP contribution in [0.1, 0.15) is 44.6 Å². The highest BCUT2D eigenvalue weighted by molar-refractivity contribution is 5.92. The molecular formula is C19H28N2O. The van der Waals surface area contributed by atoms with E-state index in [1.54, 1.807) is 0 Å². The third kappa shape index (κ3) is 4.33. The maximum absolute atomic E-state index is 12.1. The highest BCUT2D eigenvalue weighted by Gasteiger charge is 2.32. The van der Waals surface area contributed by atoms with E-state index >= 15 is 0 Å². The van der Waals surface area contributed by atoms with Gasteiger partial charge < -0.3 is 10.2 Å². The first-order chi connectivity index (χ1) is 10.7. The van der Waals surface area contributed by atoms with E-state index in [1.165, 1.54) is 57.3 Å². The van der Waals surface area contributed by atoms with Crippen molar-refractivity contribution in [1.82, 2.24) is 4.90 Å². The maximum Gasteiger partial charge on any atom is 0.227 e. The number of rotatable bonds is 7. The normalized spacial score (nSPS) is 20.0. The highest BCUT2D eigenvalue weighted by atomic mass is 16.1.